The van der Waals surface area contributed by atoms with Crippen LogP contribution in [0.15, 0.2) is 24.3 Å². The van der Waals surface area contributed by atoms with Crippen molar-refractivity contribution < 1.29 is 14.3 Å². The Kier molecular flexibility index (Phi) is 6.79. The first-order chi connectivity index (χ1) is 11.5. The van der Waals surface area contributed by atoms with Crippen LogP contribution in [-0.2, 0) is 4.79 Å². The SMILES string of the molecule is COc1ccc(C(=O)CCC(=O)N2CCC[C@@H](N(C)C)CC2)cc1. The Bertz CT molecular complexity index is 554. The van der Waals surface area contributed by atoms with E-state index in [-0.39, 0.29) is 24.5 Å². The van der Waals surface area contributed by atoms with Gasteiger partial charge < -0.3 is 14.5 Å². The van der Waals surface area contributed by atoms with E-state index in [9.17, 15) is 9.59 Å². The van der Waals surface area contributed by atoms with Gasteiger partial charge in [-0.1, -0.05) is 0 Å². The Morgan fingerprint density at radius 3 is 2.46 bits per heavy atom. The maximum absolute atomic E-state index is 12.4. The number of ketones is 1. The number of nitrogens with zero attached hydrogens (tertiary/aromatic N) is 2. The Balaban J connectivity index is 1.82. The molecular formula is C19H28N2O3. The highest BCUT2D eigenvalue weighted by molar-refractivity contribution is 5.98. The fourth-order valence-corrected chi connectivity index (χ4v) is 3.14. The number of carbonyl (C=O) groups is 2. The second kappa shape index (κ2) is 8.83. The minimum absolute atomic E-state index is 0.00648. The first-order valence-electron chi connectivity index (χ1n) is 8.62. The molecule has 1 amide bonds. The lowest BCUT2D eigenvalue weighted by Crippen LogP contribution is -2.33. The molecule has 0 saturated carbocycles. The highest BCUT2D eigenvalue weighted by atomic mass is 16.5. The Morgan fingerprint density at radius 2 is 1.83 bits per heavy atom. The Labute approximate surface area is 144 Å². The van der Waals surface area contributed by atoms with Gasteiger partial charge in [-0.25, -0.2) is 0 Å². The summed E-state index contributed by atoms with van der Waals surface area (Å²) in [5.41, 5.74) is 0.632. The van der Waals surface area contributed by atoms with Crippen LogP contribution in [-0.4, -0.2) is 61.8 Å². The molecule has 1 fully saturated rings. The number of carbonyl (C=O) groups excluding carboxylic acids is 2. The number of ether oxygens (including phenoxy) is 1. The smallest absolute Gasteiger partial charge is 0.223 e. The minimum atomic E-state index is 0.00648. The molecule has 1 heterocycles. The normalized spacial score (nSPS) is 18.3. The molecule has 0 spiro atoms. The number of amides is 1. The molecule has 1 aliphatic rings. The van der Waals surface area contributed by atoms with Crippen molar-refractivity contribution in [2.75, 3.05) is 34.3 Å². The van der Waals surface area contributed by atoms with Crippen LogP contribution < -0.4 is 4.74 Å². The molecule has 5 heteroatoms. The minimum Gasteiger partial charge on any atom is -0.497 e. The number of Topliss-reactive ketones (excluding diaryl/α,β-unsaturated/α-hetero) is 1. The largest absolute Gasteiger partial charge is 0.497 e. The Morgan fingerprint density at radius 1 is 1.12 bits per heavy atom. The van der Waals surface area contributed by atoms with Crippen LogP contribution in [0.3, 0.4) is 0 Å². The Hall–Kier alpha value is -1.88. The van der Waals surface area contributed by atoms with Crippen LogP contribution in [0.5, 0.6) is 5.75 Å². The zero-order valence-corrected chi connectivity index (χ0v) is 15.0. The van der Waals surface area contributed by atoms with Crippen molar-refractivity contribution in [2.45, 2.75) is 38.1 Å². The highest BCUT2D eigenvalue weighted by Gasteiger charge is 2.22. The summed E-state index contributed by atoms with van der Waals surface area (Å²) in [6, 6.07) is 7.58. The second-order valence-corrected chi connectivity index (χ2v) is 6.58. The first-order valence-corrected chi connectivity index (χ1v) is 8.62. The first kappa shape index (κ1) is 18.5. The van der Waals surface area contributed by atoms with Crippen molar-refractivity contribution in [3.63, 3.8) is 0 Å². The van der Waals surface area contributed by atoms with Gasteiger partial charge in [0.15, 0.2) is 5.78 Å². The van der Waals surface area contributed by atoms with Gasteiger partial charge in [-0.2, -0.15) is 0 Å². The lowest BCUT2D eigenvalue weighted by atomic mass is 10.1. The number of likely N-dealkylation sites (tertiary alicyclic amines) is 1. The summed E-state index contributed by atoms with van der Waals surface area (Å²) < 4.78 is 5.09. The summed E-state index contributed by atoms with van der Waals surface area (Å²) in [5, 5.41) is 0. The van der Waals surface area contributed by atoms with Crippen molar-refractivity contribution in [1.29, 1.82) is 0 Å². The molecule has 0 aliphatic carbocycles. The van der Waals surface area contributed by atoms with Gasteiger partial charge in [0.25, 0.3) is 0 Å². The average Bonchev–Trinajstić information content (AvgIpc) is 2.85. The predicted octanol–water partition coefficient (Wildman–Crippen LogP) is 2.60. The third-order valence-electron chi connectivity index (χ3n) is 4.76. The molecule has 1 aromatic rings. The average molecular weight is 332 g/mol. The molecule has 1 aromatic carbocycles. The molecule has 1 aliphatic heterocycles. The zero-order valence-electron chi connectivity index (χ0n) is 15.0. The van der Waals surface area contributed by atoms with E-state index in [4.69, 9.17) is 4.74 Å². The summed E-state index contributed by atoms with van der Waals surface area (Å²) in [6.45, 7) is 1.60. The van der Waals surface area contributed by atoms with Crippen molar-refractivity contribution in [2.24, 2.45) is 0 Å². The molecule has 24 heavy (non-hydrogen) atoms. The van der Waals surface area contributed by atoms with Crippen LogP contribution in [0.4, 0.5) is 0 Å². The summed E-state index contributed by atoms with van der Waals surface area (Å²) in [6.07, 6.45) is 3.71. The molecule has 1 atom stereocenters. The summed E-state index contributed by atoms with van der Waals surface area (Å²) in [7, 11) is 5.78. The summed E-state index contributed by atoms with van der Waals surface area (Å²) in [5.74, 6) is 0.825. The molecule has 0 bridgehead atoms. The van der Waals surface area contributed by atoms with Crippen molar-refractivity contribution in [3.05, 3.63) is 29.8 Å². The molecule has 0 radical (unpaired) electrons. The number of hydrogen-bond acceptors (Lipinski definition) is 4. The van der Waals surface area contributed by atoms with Gasteiger partial charge in [0, 0.05) is 37.5 Å². The van der Waals surface area contributed by atoms with Crippen molar-refractivity contribution >= 4 is 11.7 Å². The quantitative estimate of drug-likeness (QED) is 0.752. The van der Waals surface area contributed by atoms with E-state index in [1.165, 1.54) is 0 Å². The van der Waals surface area contributed by atoms with Crippen molar-refractivity contribution in [3.8, 4) is 5.75 Å². The molecule has 0 aromatic heterocycles. The molecule has 1 saturated heterocycles. The zero-order chi connectivity index (χ0) is 17.5. The van der Waals surface area contributed by atoms with Gasteiger partial charge in [0.2, 0.25) is 5.91 Å². The molecule has 0 unspecified atom stereocenters. The second-order valence-electron chi connectivity index (χ2n) is 6.58. The van der Waals surface area contributed by atoms with Gasteiger partial charge in [-0.15, -0.1) is 0 Å². The van der Waals surface area contributed by atoms with E-state index < -0.39 is 0 Å². The standard InChI is InChI=1S/C19H28N2O3/c1-20(2)16-5-4-13-21(14-12-16)19(23)11-10-18(22)15-6-8-17(24-3)9-7-15/h6-9,16H,4-5,10-14H2,1-3H3/t16-/m1/s1. The van der Waals surface area contributed by atoms with E-state index in [2.05, 4.69) is 19.0 Å². The monoisotopic (exact) mass is 332 g/mol. The summed E-state index contributed by atoms with van der Waals surface area (Å²) >= 11 is 0. The van der Waals surface area contributed by atoms with E-state index in [1.54, 1.807) is 31.4 Å². The lowest BCUT2D eigenvalue weighted by Gasteiger charge is -2.23. The van der Waals surface area contributed by atoms with Gasteiger partial charge in [0.05, 0.1) is 7.11 Å². The van der Waals surface area contributed by atoms with E-state index in [0.717, 1.165) is 38.1 Å². The van der Waals surface area contributed by atoms with Crippen LogP contribution in [0.2, 0.25) is 0 Å². The van der Waals surface area contributed by atoms with Gasteiger partial charge >= 0.3 is 0 Å². The summed E-state index contributed by atoms with van der Waals surface area (Å²) in [4.78, 5) is 28.8. The van der Waals surface area contributed by atoms with E-state index >= 15 is 0 Å². The predicted molar refractivity (Wildman–Crippen MR) is 94.5 cm³/mol. The third-order valence-corrected chi connectivity index (χ3v) is 4.76. The van der Waals surface area contributed by atoms with E-state index in [1.807, 2.05) is 4.90 Å². The molecule has 0 N–H and O–H groups in total. The third kappa shape index (κ3) is 5.06. The molecule has 2 rings (SSSR count). The molecular weight excluding hydrogens is 304 g/mol. The van der Waals surface area contributed by atoms with Gasteiger partial charge in [-0.05, 0) is 57.6 Å². The van der Waals surface area contributed by atoms with Crippen LogP contribution >= 0.6 is 0 Å². The number of methoxy groups -OCH3 is 1. The van der Waals surface area contributed by atoms with Gasteiger partial charge in [-0.3, -0.25) is 9.59 Å². The fraction of sp³-hybridized carbons (Fsp3) is 0.579. The van der Waals surface area contributed by atoms with Crippen LogP contribution in [0.25, 0.3) is 0 Å². The maximum atomic E-state index is 12.4. The van der Waals surface area contributed by atoms with Crippen LogP contribution in [0.1, 0.15) is 42.5 Å². The number of rotatable bonds is 6. The van der Waals surface area contributed by atoms with Gasteiger partial charge in [0.1, 0.15) is 5.75 Å². The topological polar surface area (TPSA) is 49.9 Å². The van der Waals surface area contributed by atoms with Crippen LogP contribution in [0, 0.1) is 0 Å². The lowest BCUT2D eigenvalue weighted by molar-refractivity contribution is -0.131. The molecule has 5 nitrogen and oxygen atoms in total. The fourth-order valence-electron chi connectivity index (χ4n) is 3.14. The van der Waals surface area contributed by atoms with Crippen molar-refractivity contribution in [1.82, 2.24) is 9.80 Å². The maximum Gasteiger partial charge on any atom is 0.223 e. The number of hydrogen-bond donors (Lipinski definition) is 0. The molecule has 132 valence electrons. The van der Waals surface area contributed by atoms with E-state index in [0.29, 0.717) is 11.6 Å². The number of benzene rings is 1. The highest BCUT2D eigenvalue weighted by Crippen LogP contribution is 2.17.